The first-order valence-electron chi connectivity index (χ1n) is 7.85. The van der Waals surface area contributed by atoms with E-state index in [2.05, 4.69) is 51.2 Å². The van der Waals surface area contributed by atoms with Gasteiger partial charge in [-0.05, 0) is 68.7 Å². The largest absolute Gasteiger partial charge is 0.316 e. The van der Waals surface area contributed by atoms with Crippen LogP contribution >= 0.6 is 0 Å². The van der Waals surface area contributed by atoms with E-state index in [1.54, 1.807) is 5.56 Å². The van der Waals surface area contributed by atoms with Crippen molar-refractivity contribution in [2.24, 2.45) is 11.8 Å². The molecule has 1 fully saturated rings. The molecule has 0 heterocycles. The van der Waals surface area contributed by atoms with Gasteiger partial charge in [0.05, 0.1) is 0 Å². The fraction of sp³-hybridized carbons (Fsp3) is 0.667. The second-order valence-electron chi connectivity index (χ2n) is 6.71. The van der Waals surface area contributed by atoms with E-state index in [0.29, 0.717) is 0 Å². The molecule has 0 spiro atoms. The SMILES string of the molecule is Cc1ccc(C)c(C2CCCC2CNCC(C)C)c1. The molecule has 2 unspecified atom stereocenters. The lowest BCUT2D eigenvalue weighted by Gasteiger charge is -2.23. The summed E-state index contributed by atoms with van der Waals surface area (Å²) in [6.07, 6.45) is 4.16. The molecule has 2 atom stereocenters. The summed E-state index contributed by atoms with van der Waals surface area (Å²) in [7, 11) is 0. The van der Waals surface area contributed by atoms with Gasteiger partial charge in [0, 0.05) is 0 Å². The van der Waals surface area contributed by atoms with E-state index in [1.807, 2.05) is 0 Å². The normalized spacial score (nSPS) is 23.2. The van der Waals surface area contributed by atoms with Crippen LogP contribution < -0.4 is 5.32 Å². The molecule has 1 heteroatoms. The standard InChI is InChI=1S/C18H29N/c1-13(2)11-19-12-16-6-5-7-17(16)18-10-14(3)8-9-15(18)4/h8-10,13,16-17,19H,5-7,11-12H2,1-4H3. The van der Waals surface area contributed by atoms with Crippen molar-refractivity contribution in [2.45, 2.75) is 52.9 Å². The smallest absolute Gasteiger partial charge is 0.00146 e. The van der Waals surface area contributed by atoms with Crippen LogP contribution in [-0.4, -0.2) is 13.1 Å². The van der Waals surface area contributed by atoms with Crippen LogP contribution in [0.4, 0.5) is 0 Å². The lowest BCUT2D eigenvalue weighted by Crippen LogP contribution is -2.27. The van der Waals surface area contributed by atoms with Gasteiger partial charge in [-0.15, -0.1) is 0 Å². The predicted octanol–water partition coefficient (Wildman–Crippen LogP) is 4.43. The Balaban J connectivity index is 2.03. The Hall–Kier alpha value is -0.820. The maximum Gasteiger partial charge on any atom is -0.00146 e. The van der Waals surface area contributed by atoms with Gasteiger partial charge in [0.1, 0.15) is 0 Å². The average molecular weight is 259 g/mol. The maximum atomic E-state index is 3.66. The highest BCUT2D eigenvalue weighted by molar-refractivity contribution is 5.34. The van der Waals surface area contributed by atoms with Gasteiger partial charge in [-0.2, -0.15) is 0 Å². The maximum absolute atomic E-state index is 3.66. The molecular weight excluding hydrogens is 230 g/mol. The molecule has 0 amide bonds. The number of hydrogen-bond donors (Lipinski definition) is 1. The summed E-state index contributed by atoms with van der Waals surface area (Å²) in [5, 5.41) is 3.66. The van der Waals surface area contributed by atoms with Gasteiger partial charge in [-0.3, -0.25) is 0 Å². The van der Waals surface area contributed by atoms with E-state index < -0.39 is 0 Å². The lowest BCUT2D eigenvalue weighted by molar-refractivity contribution is 0.424. The Morgan fingerprint density at radius 3 is 2.74 bits per heavy atom. The van der Waals surface area contributed by atoms with Crippen LogP contribution in [0, 0.1) is 25.7 Å². The molecule has 1 aliphatic rings. The molecule has 0 aromatic heterocycles. The lowest BCUT2D eigenvalue weighted by atomic mass is 9.85. The van der Waals surface area contributed by atoms with Crippen molar-refractivity contribution in [3.63, 3.8) is 0 Å². The van der Waals surface area contributed by atoms with Crippen LogP contribution in [0.5, 0.6) is 0 Å². The molecule has 1 N–H and O–H groups in total. The van der Waals surface area contributed by atoms with Gasteiger partial charge in [0.2, 0.25) is 0 Å². The molecule has 1 aromatic rings. The van der Waals surface area contributed by atoms with Gasteiger partial charge in [0.15, 0.2) is 0 Å². The van der Waals surface area contributed by atoms with E-state index in [4.69, 9.17) is 0 Å². The van der Waals surface area contributed by atoms with Crippen molar-refractivity contribution >= 4 is 0 Å². The van der Waals surface area contributed by atoms with Crippen molar-refractivity contribution in [1.29, 1.82) is 0 Å². The number of nitrogens with one attached hydrogen (secondary N) is 1. The molecule has 1 aliphatic carbocycles. The predicted molar refractivity (Wildman–Crippen MR) is 83.7 cm³/mol. The Morgan fingerprint density at radius 1 is 1.21 bits per heavy atom. The number of rotatable bonds is 5. The van der Waals surface area contributed by atoms with Crippen molar-refractivity contribution in [3.05, 3.63) is 34.9 Å². The van der Waals surface area contributed by atoms with Gasteiger partial charge in [0.25, 0.3) is 0 Å². The first-order chi connectivity index (χ1) is 9.08. The van der Waals surface area contributed by atoms with E-state index in [-0.39, 0.29) is 0 Å². The van der Waals surface area contributed by atoms with Gasteiger partial charge in [-0.25, -0.2) is 0 Å². The van der Waals surface area contributed by atoms with Gasteiger partial charge >= 0.3 is 0 Å². The first kappa shape index (κ1) is 14.6. The summed E-state index contributed by atoms with van der Waals surface area (Å²) < 4.78 is 0. The molecule has 1 saturated carbocycles. The molecule has 0 radical (unpaired) electrons. The van der Waals surface area contributed by atoms with Crippen LogP contribution in [0.2, 0.25) is 0 Å². The molecular formula is C18H29N. The molecule has 106 valence electrons. The minimum Gasteiger partial charge on any atom is -0.316 e. The molecule has 0 aliphatic heterocycles. The average Bonchev–Trinajstić information content (AvgIpc) is 2.80. The van der Waals surface area contributed by atoms with Crippen molar-refractivity contribution in [2.75, 3.05) is 13.1 Å². The Morgan fingerprint density at radius 2 is 2.00 bits per heavy atom. The molecule has 1 nitrogen and oxygen atoms in total. The van der Waals surface area contributed by atoms with Gasteiger partial charge < -0.3 is 5.32 Å². The first-order valence-corrected chi connectivity index (χ1v) is 7.85. The third-order valence-electron chi connectivity index (χ3n) is 4.45. The van der Waals surface area contributed by atoms with Crippen molar-refractivity contribution < 1.29 is 0 Å². The molecule has 0 bridgehead atoms. The molecule has 19 heavy (non-hydrogen) atoms. The second kappa shape index (κ2) is 6.56. The second-order valence-corrected chi connectivity index (χ2v) is 6.71. The number of benzene rings is 1. The highest BCUT2D eigenvalue weighted by Crippen LogP contribution is 2.40. The summed E-state index contributed by atoms with van der Waals surface area (Å²) in [4.78, 5) is 0. The fourth-order valence-electron chi connectivity index (χ4n) is 3.41. The number of hydrogen-bond acceptors (Lipinski definition) is 1. The summed E-state index contributed by atoms with van der Waals surface area (Å²) in [6.45, 7) is 11.4. The molecule has 1 aromatic carbocycles. The van der Waals surface area contributed by atoms with Crippen LogP contribution in [0.15, 0.2) is 18.2 Å². The summed E-state index contributed by atoms with van der Waals surface area (Å²) >= 11 is 0. The zero-order valence-electron chi connectivity index (χ0n) is 13.0. The van der Waals surface area contributed by atoms with Crippen LogP contribution in [0.25, 0.3) is 0 Å². The zero-order chi connectivity index (χ0) is 13.8. The quantitative estimate of drug-likeness (QED) is 0.824. The van der Waals surface area contributed by atoms with Crippen LogP contribution in [-0.2, 0) is 0 Å². The minimum atomic E-state index is 0.751. The number of aryl methyl sites for hydroxylation is 2. The monoisotopic (exact) mass is 259 g/mol. The fourth-order valence-corrected chi connectivity index (χ4v) is 3.41. The van der Waals surface area contributed by atoms with Crippen LogP contribution in [0.3, 0.4) is 0 Å². The zero-order valence-corrected chi connectivity index (χ0v) is 13.0. The summed E-state index contributed by atoms with van der Waals surface area (Å²) in [5.74, 6) is 2.36. The molecule has 2 rings (SSSR count). The minimum absolute atomic E-state index is 0.751. The van der Waals surface area contributed by atoms with E-state index in [1.165, 1.54) is 36.9 Å². The Kier molecular flexibility index (Phi) is 5.04. The third kappa shape index (κ3) is 3.82. The van der Waals surface area contributed by atoms with E-state index >= 15 is 0 Å². The van der Waals surface area contributed by atoms with Crippen molar-refractivity contribution in [1.82, 2.24) is 5.32 Å². The Labute approximate surface area is 118 Å². The van der Waals surface area contributed by atoms with E-state index in [0.717, 1.165) is 24.3 Å². The van der Waals surface area contributed by atoms with Gasteiger partial charge in [-0.1, -0.05) is 44.0 Å². The van der Waals surface area contributed by atoms with Crippen LogP contribution in [0.1, 0.15) is 55.7 Å². The summed E-state index contributed by atoms with van der Waals surface area (Å²) in [6, 6.07) is 6.95. The third-order valence-corrected chi connectivity index (χ3v) is 4.45. The Bertz CT molecular complexity index is 408. The highest BCUT2D eigenvalue weighted by atomic mass is 14.9. The topological polar surface area (TPSA) is 12.0 Å². The highest BCUT2D eigenvalue weighted by Gasteiger charge is 2.29. The summed E-state index contributed by atoms with van der Waals surface area (Å²) in [5.41, 5.74) is 4.49. The van der Waals surface area contributed by atoms with Crippen molar-refractivity contribution in [3.8, 4) is 0 Å². The molecule has 0 saturated heterocycles. The van der Waals surface area contributed by atoms with E-state index in [9.17, 15) is 0 Å².